The Morgan fingerprint density at radius 1 is 1.14 bits per heavy atom. The number of hydrogen-bond donors (Lipinski definition) is 2. The van der Waals surface area contributed by atoms with Crippen LogP contribution in [0.1, 0.15) is 31.3 Å². The molecule has 0 radical (unpaired) electrons. The van der Waals surface area contributed by atoms with Crippen LogP contribution in [0.5, 0.6) is 10.8 Å². The lowest BCUT2D eigenvalue weighted by molar-refractivity contribution is -0.137. The lowest BCUT2D eigenvalue weighted by Crippen LogP contribution is -2.13. The van der Waals surface area contributed by atoms with Gasteiger partial charge in [0.1, 0.15) is 10.6 Å². The van der Waals surface area contributed by atoms with Crippen LogP contribution in [0.15, 0.2) is 48.7 Å². The molecule has 1 aromatic carbocycles. The number of thiophene rings is 1. The molecule has 0 saturated carbocycles. The second kappa shape index (κ2) is 7.92. The summed E-state index contributed by atoms with van der Waals surface area (Å²) in [7, 11) is 0. The number of halogens is 3. The molecule has 0 aliphatic carbocycles. The van der Waals surface area contributed by atoms with Crippen LogP contribution in [-0.4, -0.2) is 22.0 Å². The van der Waals surface area contributed by atoms with Crippen molar-refractivity contribution in [3.63, 3.8) is 0 Å². The number of rotatable bonds is 5. The summed E-state index contributed by atoms with van der Waals surface area (Å²) in [6, 6.07) is 8.19. The van der Waals surface area contributed by atoms with Gasteiger partial charge in [0, 0.05) is 11.3 Å². The number of amides is 1. The number of pyridine rings is 1. The van der Waals surface area contributed by atoms with E-state index in [9.17, 15) is 27.9 Å². The van der Waals surface area contributed by atoms with Crippen molar-refractivity contribution >= 4 is 28.9 Å². The van der Waals surface area contributed by atoms with Crippen LogP contribution in [0.3, 0.4) is 0 Å². The zero-order valence-corrected chi connectivity index (χ0v) is 15.6. The first-order valence-electron chi connectivity index (χ1n) is 8.10. The molecular weight excluding hydrogens is 409 g/mol. The fourth-order valence-corrected chi connectivity index (χ4v) is 3.09. The summed E-state index contributed by atoms with van der Waals surface area (Å²) in [5.74, 6) is -1.59. The molecular formula is C19H13F3N2O4S. The molecule has 0 unspecified atom stereocenters. The third kappa shape index (κ3) is 4.91. The average molecular weight is 422 g/mol. The third-order valence-corrected chi connectivity index (χ3v) is 4.73. The van der Waals surface area contributed by atoms with Crippen molar-refractivity contribution in [3.05, 3.63) is 70.4 Å². The fourth-order valence-electron chi connectivity index (χ4n) is 2.27. The lowest BCUT2D eigenvalue weighted by atomic mass is 10.1. The number of hydrogen-bond acceptors (Lipinski definition) is 5. The van der Waals surface area contributed by atoms with Crippen molar-refractivity contribution < 1.29 is 32.6 Å². The van der Waals surface area contributed by atoms with E-state index in [-0.39, 0.29) is 21.2 Å². The van der Waals surface area contributed by atoms with Crippen molar-refractivity contribution in [2.75, 3.05) is 5.32 Å². The van der Waals surface area contributed by atoms with Gasteiger partial charge in [-0.25, -0.2) is 4.79 Å². The zero-order valence-electron chi connectivity index (χ0n) is 14.8. The van der Waals surface area contributed by atoms with E-state index in [2.05, 4.69) is 10.3 Å². The van der Waals surface area contributed by atoms with Crippen LogP contribution < -0.4 is 10.1 Å². The highest BCUT2D eigenvalue weighted by Gasteiger charge is 2.30. The molecule has 6 nitrogen and oxygen atoms in total. The van der Waals surface area contributed by atoms with Crippen LogP contribution in [0, 0.1) is 6.92 Å². The fraction of sp³-hybridized carbons (Fsp3) is 0.105. The van der Waals surface area contributed by atoms with Crippen molar-refractivity contribution in [1.29, 1.82) is 0 Å². The Balaban J connectivity index is 1.84. The Labute approximate surface area is 166 Å². The van der Waals surface area contributed by atoms with Gasteiger partial charge in [0.15, 0.2) is 0 Å². The van der Waals surface area contributed by atoms with Crippen LogP contribution in [-0.2, 0) is 6.18 Å². The van der Waals surface area contributed by atoms with Gasteiger partial charge in [0.2, 0.25) is 5.06 Å². The number of carbonyl (C=O) groups excluding carboxylic acids is 1. The van der Waals surface area contributed by atoms with Gasteiger partial charge in [-0.3, -0.25) is 9.78 Å². The van der Waals surface area contributed by atoms with Gasteiger partial charge >= 0.3 is 12.1 Å². The summed E-state index contributed by atoms with van der Waals surface area (Å²) < 4.78 is 43.6. The molecule has 0 bridgehead atoms. The van der Waals surface area contributed by atoms with E-state index in [4.69, 9.17) is 4.74 Å². The molecule has 3 rings (SSSR count). The number of ether oxygens (including phenoxy) is 1. The first-order chi connectivity index (χ1) is 13.6. The minimum atomic E-state index is -4.51. The lowest BCUT2D eigenvalue weighted by Gasteiger charge is -2.09. The van der Waals surface area contributed by atoms with Crippen LogP contribution in [0.2, 0.25) is 0 Å². The molecule has 0 aliphatic heterocycles. The summed E-state index contributed by atoms with van der Waals surface area (Å²) in [5.41, 5.74) is -0.0684. The van der Waals surface area contributed by atoms with E-state index < -0.39 is 23.6 Å². The summed E-state index contributed by atoms with van der Waals surface area (Å²) >= 11 is 0.797. The monoisotopic (exact) mass is 422 g/mol. The highest BCUT2D eigenvalue weighted by molar-refractivity contribution is 7.16. The van der Waals surface area contributed by atoms with Gasteiger partial charge in [-0.2, -0.15) is 13.2 Å². The molecule has 10 heteroatoms. The average Bonchev–Trinajstić information content (AvgIpc) is 3.06. The summed E-state index contributed by atoms with van der Waals surface area (Å²) in [4.78, 5) is 27.7. The van der Waals surface area contributed by atoms with Gasteiger partial charge in [-0.05, 0) is 49.4 Å². The molecule has 2 N–H and O–H groups in total. The van der Waals surface area contributed by atoms with Gasteiger partial charge in [0.05, 0.1) is 17.4 Å². The molecule has 0 atom stereocenters. The topological polar surface area (TPSA) is 88.5 Å². The van der Waals surface area contributed by atoms with E-state index in [1.807, 2.05) is 0 Å². The Morgan fingerprint density at radius 2 is 1.83 bits per heavy atom. The molecule has 0 saturated heterocycles. The number of carboxylic acid groups (broad SMARTS) is 1. The molecule has 0 fully saturated rings. The van der Waals surface area contributed by atoms with Crippen molar-refractivity contribution in [3.8, 4) is 10.8 Å². The van der Waals surface area contributed by atoms with E-state index in [1.165, 1.54) is 12.3 Å². The summed E-state index contributed by atoms with van der Waals surface area (Å²) in [6.07, 6.45) is -3.07. The molecule has 3 aromatic rings. The number of nitrogens with one attached hydrogen (secondary N) is 1. The van der Waals surface area contributed by atoms with Crippen LogP contribution in [0.4, 0.5) is 18.9 Å². The SMILES string of the molecule is Cc1ccc(Oc2sc(C(=O)O)cc2NC(=O)c2ccc(C(F)(F)F)cc2)cn1. The minimum absolute atomic E-state index is 0.0240. The number of nitrogens with zero attached hydrogens (tertiary/aromatic N) is 1. The predicted octanol–water partition coefficient (Wildman–Crippen LogP) is 5.21. The number of anilines is 1. The van der Waals surface area contributed by atoms with E-state index in [0.717, 1.165) is 41.3 Å². The standard InChI is InChI=1S/C19H13F3N2O4S/c1-10-2-7-13(9-23-10)28-18-14(8-15(29-18)17(26)27)24-16(25)11-3-5-12(6-4-11)19(20,21)22/h2-9H,1H3,(H,24,25)(H,26,27). The van der Waals surface area contributed by atoms with Crippen LogP contribution in [0.25, 0.3) is 0 Å². The molecule has 29 heavy (non-hydrogen) atoms. The summed E-state index contributed by atoms with van der Waals surface area (Å²) in [6.45, 7) is 1.78. The van der Waals surface area contributed by atoms with E-state index in [1.54, 1.807) is 19.1 Å². The minimum Gasteiger partial charge on any atom is -0.477 e. The van der Waals surface area contributed by atoms with Crippen molar-refractivity contribution in [1.82, 2.24) is 4.98 Å². The number of benzene rings is 1. The Morgan fingerprint density at radius 3 is 2.38 bits per heavy atom. The normalized spacial score (nSPS) is 11.2. The molecule has 2 aromatic heterocycles. The second-order valence-corrected chi connectivity index (χ2v) is 6.90. The Hall–Kier alpha value is -3.40. The third-order valence-electron chi connectivity index (χ3n) is 3.73. The molecule has 0 spiro atoms. The van der Waals surface area contributed by atoms with E-state index in [0.29, 0.717) is 5.75 Å². The maximum Gasteiger partial charge on any atom is 0.416 e. The first kappa shape index (κ1) is 20.3. The van der Waals surface area contributed by atoms with E-state index >= 15 is 0 Å². The number of aryl methyl sites for hydroxylation is 1. The van der Waals surface area contributed by atoms with Crippen molar-refractivity contribution in [2.45, 2.75) is 13.1 Å². The highest BCUT2D eigenvalue weighted by Crippen LogP contribution is 2.38. The molecule has 0 aliphatic rings. The maximum atomic E-state index is 12.7. The predicted molar refractivity (Wildman–Crippen MR) is 99.7 cm³/mol. The largest absolute Gasteiger partial charge is 0.477 e. The Bertz CT molecular complexity index is 1040. The quantitative estimate of drug-likeness (QED) is 0.589. The molecule has 1 amide bonds. The van der Waals surface area contributed by atoms with Crippen molar-refractivity contribution in [2.24, 2.45) is 0 Å². The Kier molecular flexibility index (Phi) is 5.55. The zero-order chi connectivity index (χ0) is 21.2. The summed E-state index contributed by atoms with van der Waals surface area (Å²) in [5, 5.41) is 11.8. The maximum absolute atomic E-state index is 12.7. The second-order valence-electron chi connectivity index (χ2n) is 5.88. The number of aromatic nitrogens is 1. The first-order valence-corrected chi connectivity index (χ1v) is 8.91. The van der Waals surface area contributed by atoms with Crippen LogP contribution >= 0.6 is 11.3 Å². The smallest absolute Gasteiger partial charge is 0.416 e. The molecule has 150 valence electrons. The highest BCUT2D eigenvalue weighted by atomic mass is 32.1. The van der Waals surface area contributed by atoms with Gasteiger partial charge in [0.25, 0.3) is 5.91 Å². The van der Waals surface area contributed by atoms with Gasteiger partial charge in [-0.1, -0.05) is 11.3 Å². The number of aromatic carboxylic acids is 1. The molecule has 2 heterocycles. The van der Waals surface area contributed by atoms with Gasteiger partial charge in [-0.15, -0.1) is 0 Å². The number of carbonyl (C=O) groups is 2. The number of carboxylic acids is 1. The number of alkyl halides is 3. The van der Waals surface area contributed by atoms with Gasteiger partial charge < -0.3 is 15.2 Å².